The molecule has 126 valence electrons. The van der Waals surface area contributed by atoms with E-state index in [1.165, 1.54) is 19.3 Å². The Morgan fingerprint density at radius 1 is 0.905 bits per heavy atom. The van der Waals surface area contributed by atoms with Gasteiger partial charge in [0, 0.05) is 11.9 Å². The Hall–Kier alpha value is 0.240. The molecule has 1 heterocycles. The van der Waals surface area contributed by atoms with Crippen LogP contribution < -0.4 is 0 Å². The Bertz CT molecular complexity index is 266. The summed E-state index contributed by atoms with van der Waals surface area (Å²) in [4.78, 5) is 0. The lowest BCUT2D eigenvalue weighted by atomic mass is 9.99. The van der Waals surface area contributed by atoms with Gasteiger partial charge in [0.2, 0.25) is 0 Å². The summed E-state index contributed by atoms with van der Waals surface area (Å²) in [6.07, 6.45) is 0.848. The average molecular weight is 371 g/mol. The van der Waals surface area contributed by atoms with Gasteiger partial charge in [-0.15, -0.1) is 0 Å². The number of aliphatic hydroxyl groups excluding tert-OH is 4. The van der Waals surface area contributed by atoms with E-state index >= 15 is 0 Å². The molecule has 0 bridgehead atoms. The smallest absolute Gasteiger partial charge is 0.184 e. The maximum absolute atomic E-state index is 9.88. The summed E-state index contributed by atoms with van der Waals surface area (Å²) in [7, 11) is 0. The molecule has 5 atom stereocenters. The molecule has 0 amide bonds. The minimum absolute atomic E-state index is 0.377. The summed E-state index contributed by atoms with van der Waals surface area (Å²) in [6, 6.07) is 0. The van der Waals surface area contributed by atoms with Crippen molar-refractivity contribution in [1.82, 2.24) is 0 Å². The minimum atomic E-state index is -1.49. The third-order valence-corrected chi connectivity index (χ3v) is 4.24. The van der Waals surface area contributed by atoms with Crippen molar-refractivity contribution < 1.29 is 29.9 Å². The molecular formula is C14H27BrO6. The van der Waals surface area contributed by atoms with Gasteiger partial charge in [0.25, 0.3) is 0 Å². The molecule has 1 fully saturated rings. The highest BCUT2D eigenvalue weighted by molar-refractivity contribution is 9.09. The van der Waals surface area contributed by atoms with Crippen molar-refractivity contribution in [2.75, 3.05) is 18.5 Å². The zero-order valence-corrected chi connectivity index (χ0v) is 13.8. The van der Waals surface area contributed by atoms with Gasteiger partial charge in [-0.3, -0.25) is 0 Å². The van der Waals surface area contributed by atoms with Crippen LogP contribution >= 0.6 is 15.9 Å². The van der Waals surface area contributed by atoms with Gasteiger partial charge in [-0.2, -0.15) is 0 Å². The Labute approximate surface area is 134 Å². The third kappa shape index (κ3) is 6.48. The van der Waals surface area contributed by atoms with Crippen LogP contribution in [0.15, 0.2) is 0 Å². The average Bonchev–Trinajstić information content (AvgIpc) is 2.49. The Balaban J connectivity index is 2.19. The molecule has 0 unspecified atom stereocenters. The number of rotatable bonds is 10. The zero-order valence-electron chi connectivity index (χ0n) is 12.2. The number of halogens is 1. The quantitative estimate of drug-likeness (QED) is 0.331. The highest BCUT2D eigenvalue weighted by Crippen LogP contribution is 2.22. The molecule has 4 N–H and O–H groups in total. The van der Waals surface area contributed by atoms with Crippen molar-refractivity contribution in [2.45, 2.75) is 69.2 Å². The van der Waals surface area contributed by atoms with Crippen LogP contribution in [0.1, 0.15) is 38.5 Å². The minimum Gasteiger partial charge on any atom is -0.394 e. The third-order valence-electron chi connectivity index (χ3n) is 3.68. The molecule has 0 aromatic carbocycles. The molecule has 1 rings (SSSR count). The standard InChI is InChI=1S/C14H27BrO6/c15-7-5-3-1-2-4-6-8-20-13-10(9-16)21-14(19)12(18)11(13)17/h10-14,16-19H,1-9H2/t10-,11-,12-,13-,14-/m1/s1. The van der Waals surface area contributed by atoms with Crippen LogP contribution in [0.2, 0.25) is 0 Å². The van der Waals surface area contributed by atoms with Gasteiger partial charge in [-0.05, 0) is 12.8 Å². The first-order valence-electron chi connectivity index (χ1n) is 7.60. The number of unbranched alkanes of at least 4 members (excludes halogenated alkanes) is 5. The maximum Gasteiger partial charge on any atom is 0.184 e. The van der Waals surface area contributed by atoms with Gasteiger partial charge in [-0.25, -0.2) is 0 Å². The number of hydrogen-bond donors (Lipinski definition) is 4. The van der Waals surface area contributed by atoms with Gasteiger partial charge in [0.05, 0.1) is 6.61 Å². The van der Waals surface area contributed by atoms with Crippen LogP contribution in [-0.2, 0) is 9.47 Å². The van der Waals surface area contributed by atoms with Crippen molar-refractivity contribution >= 4 is 15.9 Å². The monoisotopic (exact) mass is 370 g/mol. The van der Waals surface area contributed by atoms with Crippen LogP contribution in [-0.4, -0.2) is 69.7 Å². The van der Waals surface area contributed by atoms with E-state index in [2.05, 4.69) is 15.9 Å². The second kappa shape index (κ2) is 10.9. The normalized spacial score (nSPS) is 33.3. The first-order valence-corrected chi connectivity index (χ1v) is 8.72. The van der Waals surface area contributed by atoms with Crippen molar-refractivity contribution in [1.29, 1.82) is 0 Å². The van der Waals surface area contributed by atoms with Crippen LogP contribution in [0, 0.1) is 0 Å². The van der Waals surface area contributed by atoms with E-state index in [0.29, 0.717) is 6.61 Å². The van der Waals surface area contributed by atoms with Crippen LogP contribution in [0.5, 0.6) is 0 Å². The molecule has 21 heavy (non-hydrogen) atoms. The Morgan fingerprint density at radius 2 is 1.52 bits per heavy atom. The number of hydrogen-bond acceptors (Lipinski definition) is 6. The molecule has 0 aromatic rings. The lowest BCUT2D eigenvalue weighted by Crippen LogP contribution is -2.59. The SMILES string of the molecule is OC[C@H]1O[C@@H](O)[C@H](O)[C@@H](O)[C@@H]1OCCCCCCCCBr. The summed E-state index contributed by atoms with van der Waals surface area (Å²) in [5, 5.41) is 39.1. The van der Waals surface area contributed by atoms with Crippen LogP contribution in [0.4, 0.5) is 0 Å². The van der Waals surface area contributed by atoms with E-state index in [1.807, 2.05) is 0 Å². The van der Waals surface area contributed by atoms with E-state index < -0.39 is 30.7 Å². The van der Waals surface area contributed by atoms with E-state index in [-0.39, 0.29) is 6.61 Å². The number of aliphatic hydroxyl groups is 4. The highest BCUT2D eigenvalue weighted by atomic mass is 79.9. The van der Waals surface area contributed by atoms with Crippen molar-refractivity contribution in [2.24, 2.45) is 0 Å². The molecule has 1 aliphatic rings. The van der Waals surface area contributed by atoms with Gasteiger partial charge in [0.15, 0.2) is 6.29 Å². The van der Waals surface area contributed by atoms with Gasteiger partial charge in [-0.1, -0.05) is 41.6 Å². The van der Waals surface area contributed by atoms with Crippen LogP contribution in [0.3, 0.4) is 0 Å². The fraction of sp³-hybridized carbons (Fsp3) is 1.00. The van der Waals surface area contributed by atoms with Crippen LogP contribution in [0.25, 0.3) is 0 Å². The predicted molar refractivity (Wildman–Crippen MR) is 81.2 cm³/mol. The Morgan fingerprint density at radius 3 is 2.14 bits per heavy atom. The first kappa shape index (κ1) is 19.3. The molecule has 1 saturated heterocycles. The molecule has 6 nitrogen and oxygen atoms in total. The van der Waals surface area contributed by atoms with Gasteiger partial charge >= 0.3 is 0 Å². The molecular weight excluding hydrogens is 344 g/mol. The van der Waals surface area contributed by atoms with Gasteiger partial charge < -0.3 is 29.9 Å². The summed E-state index contributed by atoms with van der Waals surface area (Å²) < 4.78 is 10.6. The topological polar surface area (TPSA) is 99.4 Å². The molecule has 0 spiro atoms. The van der Waals surface area contributed by atoms with Crippen molar-refractivity contribution in [3.05, 3.63) is 0 Å². The summed E-state index contributed by atoms with van der Waals surface area (Å²) in [6.45, 7) is 0.0564. The van der Waals surface area contributed by atoms with Crippen molar-refractivity contribution in [3.8, 4) is 0 Å². The summed E-state index contributed by atoms with van der Waals surface area (Å²) >= 11 is 3.40. The summed E-state index contributed by atoms with van der Waals surface area (Å²) in [5.74, 6) is 0. The molecule has 0 saturated carbocycles. The second-order valence-electron chi connectivity index (χ2n) is 5.37. The molecule has 0 aromatic heterocycles. The maximum atomic E-state index is 9.88. The van der Waals surface area contributed by atoms with E-state index in [9.17, 15) is 20.4 Å². The fourth-order valence-electron chi connectivity index (χ4n) is 2.40. The lowest BCUT2D eigenvalue weighted by Gasteiger charge is -2.40. The second-order valence-corrected chi connectivity index (χ2v) is 6.17. The largest absolute Gasteiger partial charge is 0.394 e. The number of ether oxygens (including phenoxy) is 2. The predicted octanol–water partition coefficient (Wildman–Crippen LogP) is 0.538. The highest BCUT2D eigenvalue weighted by Gasteiger charge is 2.44. The number of alkyl halides is 1. The molecule has 1 aliphatic heterocycles. The van der Waals surface area contributed by atoms with E-state index in [1.54, 1.807) is 0 Å². The van der Waals surface area contributed by atoms with E-state index in [0.717, 1.165) is 24.6 Å². The summed E-state index contributed by atoms with van der Waals surface area (Å²) in [5.41, 5.74) is 0. The Kier molecular flexibility index (Phi) is 9.99. The zero-order chi connectivity index (χ0) is 15.7. The molecule has 0 aliphatic carbocycles. The van der Waals surface area contributed by atoms with E-state index in [4.69, 9.17) is 9.47 Å². The molecule has 0 radical (unpaired) electrons. The fourth-order valence-corrected chi connectivity index (χ4v) is 2.79. The first-order chi connectivity index (χ1) is 10.1. The van der Waals surface area contributed by atoms with Crippen molar-refractivity contribution in [3.63, 3.8) is 0 Å². The molecule has 7 heteroatoms. The van der Waals surface area contributed by atoms with Gasteiger partial charge in [0.1, 0.15) is 24.4 Å². The lowest BCUT2D eigenvalue weighted by molar-refractivity contribution is -0.294.